The zero-order valence-electron chi connectivity index (χ0n) is 18.5. The molecule has 2 heterocycles. The van der Waals surface area contributed by atoms with Gasteiger partial charge < -0.3 is 18.6 Å². The highest BCUT2D eigenvalue weighted by Crippen LogP contribution is 2.45. The third kappa shape index (κ3) is 4.40. The molecule has 2 aromatic rings. The molecular weight excluding hydrogens is 400 g/mol. The highest BCUT2D eigenvalue weighted by molar-refractivity contribution is 5.89. The van der Waals surface area contributed by atoms with Gasteiger partial charge in [-0.15, -0.1) is 0 Å². The predicted molar refractivity (Wildman–Crippen MR) is 115 cm³/mol. The number of ether oxygens (including phenoxy) is 3. The van der Waals surface area contributed by atoms with Crippen LogP contribution in [0.3, 0.4) is 0 Å². The van der Waals surface area contributed by atoms with Crippen LogP contribution in [0, 0.1) is 0 Å². The first-order valence-electron chi connectivity index (χ1n) is 10.0. The minimum Gasteiger partial charge on any atom is -0.483 e. The fourth-order valence-corrected chi connectivity index (χ4v) is 3.28. The second-order valence-corrected chi connectivity index (χ2v) is 7.98. The van der Waals surface area contributed by atoms with E-state index in [1.54, 1.807) is 71.9 Å². The molecule has 2 atom stereocenters. The normalized spacial score (nSPS) is 20.6. The molecule has 31 heavy (non-hydrogen) atoms. The number of hydrogen-bond acceptors (Lipinski definition) is 7. The second-order valence-electron chi connectivity index (χ2n) is 7.98. The molecule has 0 N–H and O–H groups in total. The summed E-state index contributed by atoms with van der Waals surface area (Å²) in [6, 6.07) is 6.23. The van der Waals surface area contributed by atoms with Gasteiger partial charge >= 0.3 is 17.6 Å². The summed E-state index contributed by atoms with van der Waals surface area (Å²) in [7, 11) is 0. The Kier molecular flexibility index (Phi) is 6.06. The van der Waals surface area contributed by atoms with Crippen molar-refractivity contribution in [2.24, 2.45) is 0 Å². The standard InChI is InChI=1S/C24H26O7/c1-7-13(3)22(26)29-20-16-11-15-9-10-19(25)28-17(15)12-18(16)31-24(5,6)21(20)30-23(27)14(4)8-2/h7-12,20-21H,1-6H3/b13-7+,14-8+/t20-,21+/m1/s1. The van der Waals surface area contributed by atoms with Gasteiger partial charge in [0, 0.05) is 34.2 Å². The van der Waals surface area contributed by atoms with Crippen molar-refractivity contribution in [1.82, 2.24) is 0 Å². The van der Waals surface area contributed by atoms with Crippen LogP contribution < -0.4 is 10.4 Å². The van der Waals surface area contributed by atoms with Crippen molar-refractivity contribution in [2.75, 3.05) is 0 Å². The topological polar surface area (TPSA) is 92.0 Å². The predicted octanol–water partition coefficient (Wildman–Crippen LogP) is 4.39. The molecule has 0 aliphatic carbocycles. The summed E-state index contributed by atoms with van der Waals surface area (Å²) < 4.78 is 23.0. The van der Waals surface area contributed by atoms with E-state index in [4.69, 9.17) is 18.6 Å². The van der Waals surface area contributed by atoms with Crippen LogP contribution in [0.2, 0.25) is 0 Å². The van der Waals surface area contributed by atoms with Gasteiger partial charge in [-0.1, -0.05) is 12.2 Å². The maximum absolute atomic E-state index is 12.6. The number of esters is 2. The van der Waals surface area contributed by atoms with Gasteiger partial charge in [-0.25, -0.2) is 14.4 Å². The smallest absolute Gasteiger partial charge is 0.336 e. The zero-order valence-corrected chi connectivity index (χ0v) is 18.5. The average Bonchev–Trinajstić information content (AvgIpc) is 2.73. The zero-order chi connectivity index (χ0) is 22.9. The maximum Gasteiger partial charge on any atom is 0.336 e. The fourth-order valence-electron chi connectivity index (χ4n) is 3.28. The Morgan fingerprint density at radius 1 is 1.00 bits per heavy atom. The third-order valence-corrected chi connectivity index (χ3v) is 5.37. The first-order valence-corrected chi connectivity index (χ1v) is 10.0. The van der Waals surface area contributed by atoms with Crippen LogP contribution in [0.1, 0.15) is 53.2 Å². The lowest BCUT2D eigenvalue weighted by atomic mass is 9.87. The van der Waals surface area contributed by atoms with Gasteiger partial charge in [0.15, 0.2) is 12.2 Å². The van der Waals surface area contributed by atoms with Gasteiger partial charge in [0.05, 0.1) is 0 Å². The Labute approximate surface area is 180 Å². The Hall–Kier alpha value is -3.35. The molecule has 0 saturated heterocycles. The summed E-state index contributed by atoms with van der Waals surface area (Å²) in [4.78, 5) is 36.8. The molecule has 0 amide bonds. The number of carbonyl (C=O) groups is 2. The van der Waals surface area contributed by atoms with Crippen LogP contribution in [-0.2, 0) is 19.1 Å². The molecule has 1 aromatic carbocycles. The molecule has 0 bridgehead atoms. The molecule has 1 aliphatic rings. The first kappa shape index (κ1) is 22.3. The molecule has 0 radical (unpaired) electrons. The molecule has 3 rings (SSSR count). The van der Waals surface area contributed by atoms with Gasteiger partial charge in [-0.3, -0.25) is 0 Å². The van der Waals surface area contributed by atoms with Crippen LogP contribution in [-0.4, -0.2) is 23.6 Å². The van der Waals surface area contributed by atoms with Crippen molar-refractivity contribution in [1.29, 1.82) is 0 Å². The number of rotatable bonds is 4. The van der Waals surface area contributed by atoms with Crippen LogP contribution in [0.15, 0.2) is 56.8 Å². The molecule has 1 aliphatic heterocycles. The monoisotopic (exact) mass is 426 g/mol. The van der Waals surface area contributed by atoms with Crippen molar-refractivity contribution in [3.63, 3.8) is 0 Å². The number of hydrogen-bond donors (Lipinski definition) is 0. The molecular formula is C24H26O7. The molecule has 164 valence electrons. The Morgan fingerprint density at radius 2 is 1.61 bits per heavy atom. The summed E-state index contributed by atoms with van der Waals surface area (Å²) in [5.74, 6) is -0.666. The van der Waals surface area contributed by atoms with E-state index in [2.05, 4.69) is 0 Å². The lowest BCUT2D eigenvalue weighted by Crippen LogP contribution is -2.52. The van der Waals surface area contributed by atoms with Crippen LogP contribution in [0.25, 0.3) is 11.0 Å². The van der Waals surface area contributed by atoms with E-state index in [1.807, 2.05) is 0 Å². The van der Waals surface area contributed by atoms with Gasteiger partial charge in [0.1, 0.15) is 16.9 Å². The summed E-state index contributed by atoms with van der Waals surface area (Å²) in [5, 5.41) is 0.625. The minimum absolute atomic E-state index is 0.344. The summed E-state index contributed by atoms with van der Waals surface area (Å²) in [6.07, 6.45) is 1.46. The molecule has 1 aromatic heterocycles. The lowest BCUT2D eigenvalue weighted by molar-refractivity contribution is -0.185. The van der Waals surface area contributed by atoms with Crippen LogP contribution in [0.5, 0.6) is 5.75 Å². The van der Waals surface area contributed by atoms with Crippen molar-refractivity contribution in [3.8, 4) is 5.75 Å². The molecule has 0 unspecified atom stereocenters. The SMILES string of the molecule is C/C=C(\C)C(=O)O[C@@H]1c2cc3ccc(=O)oc3cc2OC(C)(C)[C@H]1OC(=O)/C(C)=C/C. The highest BCUT2D eigenvalue weighted by Gasteiger charge is 2.49. The molecule has 0 fully saturated rings. The van der Waals surface area contributed by atoms with Crippen molar-refractivity contribution in [2.45, 2.75) is 59.4 Å². The number of benzene rings is 1. The first-order chi connectivity index (χ1) is 14.6. The number of allylic oxidation sites excluding steroid dienone is 2. The summed E-state index contributed by atoms with van der Waals surface area (Å²) in [6.45, 7) is 10.3. The number of fused-ring (bicyclic) bond motifs is 2. The van der Waals surface area contributed by atoms with Crippen LogP contribution >= 0.6 is 0 Å². The Balaban J connectivity index is 2.16. The van der Waals surface area contributed by atoms with Crippen LogP contribution in [0.4, 0.5) is 0 Å². The van der Waals surface area contributed by atoms with Gasteiger partial charge in [-0.05, 0) is 53.7 Å². The van der Waals surface area contributed by atoms with E-state index in [0.717, 1.165) is 0 Å². The average molecular weight is 426 g/mol. The molecule has 7 heteroatoms. The number of carbonyl (C=O) groups excluding carboxylic acids is 2. The Morgan fingerprint density at radius 3 is 2.23 bits per heavy atom. The minimum atomic E-state index is -1.03. The van der Waals surface area contributed by atoms with Crippen molar-refractivity contribution < 1.29 is 28.2 Å². The van der Waals surface area contributed by atoms with E-state index in [-0.39, 0.29) is 0 Å². The molecule has 7 nitrogen and oxygen atoms in total. The Bertz CT molecular complexity index is 1150. The van der Waals surface area contributed by atoms with Crippen molar-refractivity contribution >= 4 is 22.9 Å². The van der Waals surface area contributed by atoms with E-state index in [9.17, 15) is 14.4 Å². The quantitative estimate of drug-likeness (QED) is 0.407. The van der Waals surface area contributed by atoms with E-state index in [1.165, 1.54) is 6.07 Å². The summed E-state index contributed by atoms with van der Waals surface area (Å²) >= 11 is 0. The summed E-state index contributed by atoms with van der Waals surface area (Å²) in [5.41, 5.74) is 0.200. The molecule has 0 spiro atoms. The van der Waals surface area contributed by atoms with Crippen molar-refractivity contribution in [3.05, 3.63) is 63.5 Å². The highest BCUT2D eigenvalue weighted by atomic mass is 16.6. The maximum atomic E-state index is 12.6. The third-order valence-electron chi connectivity index (χ3n) is 5.37. The van der Waals surface area contributed by atoms with Gasteiger partial charge in [-0.2, -0.15) is 0 Å². The van der Waals surface area contributed by atoms with E-state index in [0.29, 0.717) is 33.4 Å². The fraction of sp³-hybridized carbons (Fsp3) is 0.375. The van der Waals surface area contributed by atoms with Gasteiger partial charge in [0.2, 0.25) is 0 Å². The van der Waals surface area contributed by atoms with Gasteiger partial charge in [0.25, 0.3) is 0 Å². The largest absolute Gasteiger partial charge is 0.483 e. The second kappa shape index (κ2) is 8.41. The van der Waals surface area contributed by atoms with E-state index < -0.39 is 35.4 Å². The lowest BCUT2D eigenvalue weighted by Gasteiger charge is -2.43. The van der Waals surface area contributed by atoms with E-state index >= 15 is 0 Å². The molecule has 0 saturated carbocycles.